The molecule has 0 amide bonds. The Morgan fingerprint density at radius 3 is 2.30 bits per heavy atom. The van der Waals surface area contributed by atoms with E-state index in [0.29, 0.717) is 5.56 Å². The van der Waals surface area contributed by atoms with Crippen LogP contribution in [0.25, 0.3) is 0 Å². The highest BCUT2D eigenvalue weighted by Crippen LogP contribution is 2.57. The second-order valence-corrected chi connectivity index (χ2v) is 10.5. The van der Waals surface area contributed by atoms with E-state index in [-0.39, 0.29) is 23.8 Å². The highest BCUT2D eigenvalue weighted by Gasteiger charge is 2.55. The van der Waals surface area contributed by atoms with E-state index in [1.54, 1.807) is 36.4 Å². The standard InChI is InChI=1S/C22H29N4O6P/c1-14(2)22(25,20(29)32-12-15-7-4-3-5-8-15)33(30,31)13-18(19(27)28)16-9-6-10-17(11-16)26-21(23)24/h3-11,14,18H,12-13,25H2,1-2H3,(H,27,28)(H,30,31)(H4,23,24,26). The Labute approximate surface area is 191 Å². The van der Waals surface area contributed by atoms with Crippen LogP contribution >= 0.6 is 7.37 Å². The average Bonchev–Trinajstić information content (AvgIpc) is 2.75. The van der Waals surface area contributed by atoms with Gasteiger partial charge in [-0.25, -0.2) is 9.79 Å². The first kappa shape index (κ1) is 26.1. The van der Waals surface area contributed by atoms with Crippen LogP contribution in [0, 0.1) is 5.92 Å². The molecule has 0 aliphatic rings. The Bertz CT molecular complexity index is 1070. The minimum atomic E-state index is -4.63. The van der Waals surface area contributed by atoms with Crippen LogP contribution in [0.2, 0.25) is 0 Å². The number of benzene rings is 2. The summed E-state index contributed by atoms with van der Waals surface area (Å²) in [7, 11) is -4.63. The number of hydrogen-bond acceptors (Lipinski definition) is 6. The van der Waals surface area contributed by atoms with Crippen molar-refractivity contribution in [3.05, 3.63) is 65.7 Å². The summed E-state index contributed by atoms with van der Waals surface area (Å²) in [6.45, 7) is 2.86. The van der Waals surface area contributed by atoms with E-state index >= 15 is 0 Å². The summed E-state index contributed by atoms with van der Waals surface area (Å²) in [4.78, 5) is 39.8. The summed E-state index contributed by atoms with van der Waals surface area (Å²) in [5.41, 5.74) is 18.1. The quantitative estimate of drug-likeness (QED) is 0.148. The van der Waals surface area contributed by atoms with E-state index in [4.69, 9.17) is 21.9 Å². The number of esters is 1. The first-order chi connectivity index (χ1) is 15.4. The predicted molar refractivity (Wildman–Crippen MR) is 125 cm³/mol. The number of carboxylic acid groups (broad SMARTS) is 1. The molecule has 0 heterocycles. The third kappa shape index (κ3) is 6.19. The first-order valence-corrected chi connectivity index (χ1v) is 12.0. The molecule has 2 aromatic rings. The van der Waals surface area contributed by atoms with Crippen LogP contribution in [0.15, 0.2) is 59.6 Å². The van der Waals surface area contributed by atoms with Crippen molar-refractivity contribution < 1.29 is 28.9 Å². The number of hydrogen-bond donors (Lipinski definition) is 5. The van der Waals surface area contributed by atoms with Gasteiger partial charge < -0.3 is 31.9 Å². The SMILES string of the molecule is CC(C)C(N)(C(=O)OCc1ccccc1)P(=O)(O)CC(C(=O)O)c1cccc(N=C(N)N)c1. The third-order valence-corrected chi connectivity index (χ3v) is 7.97. The number of carbonyl (C=O) groups is 2. The molecule has 0 saturated heterocycles. The van der Waals surface area contributed by atoms with Crippen molar-refractivity contribution in [3.63, 3.8) is 0 Å². The number of rotatable bonds is 10. The van der Waals surface area contributed by atoms with Gasteiger partial charge in [0.2, 0.25) is 7.37 Å². The topological polar surface area (TPSA) is 191 Å². The molecule has 0 spiro atoms. The molecule has 0 saturated carbocycles. The second kappa shape index (κ2) is 10.6. The molecule has 11 heteroatoms. The van der Waals surface area contributed by atoms with Crippen molar-refractivity contribution in [2.45, 2.75) is 31.7 Å². The highest BCUT2D eigenvalue weighted by atomic mass is 31.2. The first-order valence-electron chi connectivity index (χ1n) is 10.1. The molecule has 178 valence electrons. The lowest BCUT2D eigenvalue weighted by Crippen LogP contribution is -2.53. The highest BCUT2D eigenvalue weighted by molar-refractivity contribution is 7.60. The van der Waals surface area contributed by atoms with Crippen molar-refractivity contribution in [2.75, 3.05) is 6.16 Å². The average molecular weight is 476 g/mol. The second-order valence-electron chi connectivity index (χ2n) is 7.95. The smallest absolute Gasteiger partial charge is 0.336 e. The van der Waals surface area contributed by atoms with Crippen molar-refractivity contribution in [1.29, 1.82) is 0 Å². The summed E-state index contributed by atoms with van der Waals surface area (Å²) in [6.07, 6.45) is -0.789. The molecule has 8 N–H and O–H groups in total. The van der Waals surface area contributed by atoms with Gasteiger partial charge in [0.25, 0.3) is 0 Å². The van der Waals surface area contributed by atoms with E-state index in [1.165, 1.54) is 32.0 Å². The van der Waals surface area contributed by atoms with Crippen LogP contribution in [-0.4, -0.2) is 39.3 Å². The maximum Gasteiger partial charge on any atom is 0.336 e. The molecule has 2 aromatic carbocycles. The van der Waals surface area contributed by atoms with Crippen LogP contribution in [0.5, 0.6) is 0 Å². The van der Waals surface area contributed by atoms with Gasteiger partial charge in [0.05, 0.1) is 11.6 Å². The fourth-order valence-corrected chi connectivity index (χ4v) is 5.63. The number of carbonyl (C=O) groups excluding carboxylic acids is 1. The van der Waals surface area contributed by atoms with Gasteiger partial charge in [0.1, 0.15) is 6.61 Å². The zero-order valence-electron chi connectivity index (χ0n) is 18.4. The fourth-order valence-electron chi connectivity index (χ4n) is 3.31. The van der Waals surface area contributed by atoms with Crippen LogP contribution < -0.4 is 17.2 Å². The number of nitrogens with two attached hydrogens (primary N) is 3. The molecular weight excluding hydrogens is 447 g/mol. The lowest BCUT2D eigenvalue weighted by molar-refractivity contribution is -0.150. The Hall–Kier alpha value is -3.20. The van der Waals surface area contributed by atoms with E-state index in [1.807, 2.05) is 0 Å². The number of aliphatic imine (C=N–C) groups is 1. The van der Waals surface area contributed by atoms with Crippen molar-refractivity contribution in [2.24, 2.45) is 28.1 Å². The molecule has 2 rings (SSSR count). The number of aliphatic carboxylic acids is 1. The third-order valence-electron chi connectivity index (χ3n) is 5.26. The minimum absolute atomic E-state index is 0.145. The number of nitrogens with zero attached hydrogens (tertiary/aromatic N) is 1. The number of ether oxygens (including phenoxy) is 1. The maximum atomic E-state index is 13.5. The summed E-state index contributed by atoms with van der Waals surface area (Å²) >= 11 is 0. The van der Waals surface area contributed by atoms with Gasteiger partial charge >= 0.3 is 11.9 Å². The van der Waals surface area contributed by atoms with Gasteiger partial charge in [-0.15, -0.1) is 0 Å². The van der Waals surface area contributed by atoms with E-state index in [0.717, 1.165) is 0 Å². The lowest BCUT2D eigenvalue weighted by atomic mass is 10.0. The molecular formula is C22H29N4O6P. The molecule has 3 atom stereocenters. The molecule has 0 aliphatic heterocycles. The molecule has 33 heavy (non-hydrogen) atoms. The van der Waals surface area contributed by atoms with Gasteiger partial charge in [-0.1, -0.05) is 56.3 Å². The molecule has 0 aromatic heterocycles. The van der Waals surface area contributed by atoms with E-state index in [9.17, 15) is 24.2 Å². The Morgan fingerprint density at radius 2 is 1.76 bits per heavy atom. The molecule has 0 bridgehead atoms. The van der Waals surface area contributed by atoms with Crippen molar-refractivity contribution in [1.82, 2.24) is 0 Å². The zero-order valence-corrected chi connectivity index (χ0v) is 19.3. The van der Waals surface area contributed by atoms with Gasteiger partial charge in [-0.05, 0) is 29.2 Å². The van der Waals surface area contributed by atoms with Crippen molar-refractivity contribution >= 4 is 31.0 Å². The Morgan fingerprint density at radius 1 is 1.12 bits per heavy atom. The Kier molecular flexibility index (Phi) is 8.38. The maximum absolute atomic E-state index is 13.5. The summed E-state index contributed by atoms with van der Waals surface area (Å²) in [6, 6.07) is 14.7. The normalized spacial score (nSPS) is 15.7. The molecule has 10 nitrogen and oxygen atoms in total. The van der Waals surface area contributed by atoms with Gasteiger partial charge in [0, 0.05) is 6.16 Å². The lowest BCUT2D eigenvalue weighted by Gasteiger charge is -2.36. The molecule has 0 aliphatic carbocycles. The van der Waals surface area contributed by atoms with Crippen LogP contribution in [0.1, 0.15) is 30.9 Å². The number of carboxylic acids is 1. The van der Waals surface area contributed by atoms with Crippen LogP contribution in [-0.2, 0) is 25.5 Å². The monoisotopic (exact) mass is 476 g/mol. The Balaban J connectivity index is 2.35. The summed E-state index contributed by atoms with van der Waals surface area (Å²) < 4.78 is 18.7. The molecule has 0 radical (unpaired) electrons. The van der Waals surface area contributed by atoms with Gasteiger partial charge in [-0.3, -0.25) is 9.36 Å². The molecule has 3 unspecified atom stereocenters. The fraction of sp³-hybridized carbons (Fsp3) is 0.318. The van der Waals surface area contributed by atoms with E-state index in [2.05, 4.69) is 4.99 Å². The van der Waals surface area contributed by atoms with E-state index < -0.39 is 42.6 Å². The van der Waals surface area contributed by atoms with Crippen LogP contribution in [0.3, 0.4) is 0 Å². The molecule has 0 fully saturated rings. The zero-order chi connectivity index (χ0) is 24.8. The van der Waals surface area contributed by atoms with Crippen LogP contribution in [0.4, 0.5) is 5.69 Å². The largest absolute Gasteiger partial charge is 0.481 e. The number of guanidine groups is 1. The summed E-state index contributed by atoms with van der Waals surface area (Å²) in [5.74, 6) is -4.94. The van der Waals surface area contributed by atoms with Gasteiger partial charge in [0.15, 0.2) is 11.2 Å². The summed E-state index contributed by atoms with van der Waals surface area (Å²) in [5, 5.41) is 7.47. The van der Waals surface area contributed by atoms with Crippen molar-refractivity contribution in [3.8, 4) is 0 Å². The predicted octanol–water partition coefficient (Wildman–Crippen LogP) is 2.08. The van der Waals surface area contributed by atoms with Gasteiger partial charge in [-0.2, -0.15) is 0 Å². The minimum Gasteiger partial charge on any atom is -0.481 e.